The molecular formula is C11H20O2. The van der Waals surface area contributed by atoms with Crippen LogP contribution < -0.4 is 0 Å². The molecule has 2 heteroatoms. The van der Waals surface area contributed by atoms with E-state index in [9.17, 15) is 4.79 Å². The number of esters is 1. The first-order chi connectivity index (χ1) is 6.31. The van der Waals surface area contributed by atoms with Gasteiger partial charge in [0.2, 0.25) is 0 Å². The van der Waals surface area contributed by atoms with E-state index in [0.29, 0.717) is 13.0 Å². The number of unbranched alkanes of at least 4 members (excludes halogenated alkanes) is 2. The quantitative estimate of drug-likeness (QED) is 0.345. The molecule has 2 nitrogen and oxygen atoms in total. The highest BCUT2D eigenvalue weighted by atomic mass is 16.5. The molecule has 0 aromatic carbocycles. The largest absolute Gasteiger partial charge is 0.466 e. The predicted octanol–water partition coefficient (Wildman–Crippen LogP) is 3.08. The highest BCUT2D eigenvalue weighted by Crippen LogP contribution is 1.98. The number of carbonyl (C=O) groups excluding carboxylic acids is 1. The zero-order chi connectivity index (χ0) is 9.94. The summed E-state index contributed by atoms with van der Waals surface area (Å²) in [7, 11) is 0. The Bertz CT molecular complexity index is 150. The summed E-state index contributed by atoms with van der Waals surface area (Å²) < 4.78 is 4.93. The second-order valence-corrected chi connectivity index (χ2v) is 2.95. The van der Waals surface area contributed by atoms with Crippen LogP contribution in [0, 0.1) is 0 Å². The van der Waals surface area contributed by atoms with Crippen LogP contribution in [0.5, 0.6) is 0 Å². The number of ether oxygens (including phenoxy) is 1. The van der Waals surface area contributed by atoms with Gasteiger partial charge < -0.3 is 4.74 Å². The molecule has 0 aromatic heterocycles. The van der Waals surface area contributed by atoms with E-state index in [1.165, 1.54) is 0 Å². The van der Waals surface area contributed by atoms with E-state index < -0.39 is 0 Å². The van der Waals surface area contributed by atoms with Crippen LogP contribution in [0.25, 0.3) is 0 Å². The fourth-order valence-corrected chi connectivity index (χ4v) is 0.937. The molecule has 0 saturated carbocycles. The average Bonchev–Trinajstić information content (AvgIpc) is 2.16. The van der Waals surface area contributed by atoms with Crippen LogP contribution in [0.3, 0.4) is 0 Å². The monoisotopic (exact) mass is 184 g/mol. The average molecular weight is 184 g/mol. The van der Waals surface area contributed by atoms with E-state index in [2.05, 4.69) is 19.1 Å². The molecule has 0 aliphatic heterocycles. The van der Waals surface area contributed by atoms with Crippen LogP contribution in [0.1, 0.15) is 46.0 Å². The molecule has 0 heterocycles. The first-order valence-corrected chi connectivity index (χ1v) is 5.11. The van der Waals surface area contributed by atoms with Gasteiger partial charge in [0.25, 0.3) is 0 Å². The predicted molar refractivity (Wildman–Crippen MR) is 54.5 cm³/mol. The van der Waals surface area contributed by atoms with Crippen LogP contribution in [-0.2, 0) is 9.53 Å². The number of hydrogen-bond donors (Lipinski definition) is 0. The zero-order valence-corrected chi connectivity index (χ0v) is 8.71. The van der Waals surface area contributed by atoms with E-state index >= 15 is 0 Å². The SMILES string of the molecule is CC/C=C/CCCCOC(=O)CC. The van der Waals surface area contributed by atoms with Gasteiger partial charge in [-0.05, 0) is 25.7 Å². The maximum atomic E-state index is 10.7. The van der Waals surface area contributed by atoms with E-state index in [4.69, 9.17) is 4.74 Å². The molecule has 0 rings (SSSR count). The minimum Gasteiger partial charge on any atom is -0.466 e. The fraction of sp³-hybridized carbons (Fsp3) is 0.727. The zero-order valence-electron chi connectivity index (χ0n) is 8.71. The van der Waals surface area contributed by atoms with Gasteiger partial charge >= 0.3 is 5.97 Å². The Balaban J connectivity index is 3.08. The van der Waals surface area contributed by atoms with E-state index in [1.54, 1.807) is 0 Å². The lowest BCUT2D eigenvalue weighted by molar-refractivity contribution is -0.143. The van der Waals surface area contributed by atoms with Gasteiger partial charge in [-0.3, -0.25) is 4.79 Å². The van der Waals surface area contributed by atoms with Gasteiger partial charge in [-0.2, -0.15) is 0 Å². The van der Waals surface area contributed by atoms with E-state index in [0.717, 1.165) is 25.7 Å². The molecule has 0 spiro atoms. The Labute approximate surface area is 81.0 Å². The lowest BCUT2D eigenvalue weighted by Crippen LogP contribution is -2.03. The van der Waals surface area contributed by atoms with E-state index in [1.807, 2.05) is 6.92 Å². The molecule has 0 fully saturated rings. The van der Waals surface area contributed by atoms with Crippen molar-refractivity contribution in [1.29, 1.82) is 0 Å². The van der Waals surface area contributed by atoms with Crippen molar-refractivity contribution in [3.05, 3.63) is 12.2 Å². The Morgan fingerprint density at radius 2 is 2.00 bits per heavy atom. The van der Waals surface area contributed by atoms with Gasteiger partial charge in [0.05, 0.1) is 6.61 Å². The van der Waals surface area contributed by atoms with Gasteiger partial charge in [0.15, 0.2) is 0 Å². The van der Waals surface area contributed by atoms with Crippen molar-refractivity contribution in [2.24, 2.45) is 0 Å². The molecule has 0 aromatic rings. The van der Waals surface area contributed by atoms with Crippen molar-refractivity contribution < 1.29 is 9.53 Å². The Hall–Kier alpha value is -0.790. The van der Waals surface area contributed by atoms with E-state index in [-0.39, 0.29) is 5.97 Å². The summed E-state index contributed by atoms with van der Waals surface area (Å²) in [5, 5.41) is 0. The molecule has 0 unspecified atom stereocenters. The van der Waals surface area contributed by atoms with Gasteiger partial charge in [0.1, 0.15) is 0 Å². The Morgan fingerprint density at radius 3 is 2.62 bits per heavy atom. The molecule has 13 heavy (non-hydrogen) atoms. The van der Waals surface area contributed by atoms with Gasteiger partial charge in [0, 0.05) is 6.42 Å². The third-order valence-electron chi connectivity index (χ3n) is 1.72. The summed E-state index contributed by atoms with van der Waals surface area (Å²) in [6, 6.07) is 0. The van der Waals surface area contributed by atoms with Crippen molar-refractivity contribution in [3.8, 4) is 0 Å². The first kappa shape index (κ1) is 12.2. The number of allylic oxidation sites excluding steroid dienone is 2. The minimum atomic E-state index is -0.0934. The van der Waals surface area contributed by atoms with Crippen LogP contribution in [0.15, 0.2) is 12.2 Å². The molecule has 0 saturated heterocycles. The summed E-state index contributed by atoms with van der Waals surface area (Å²) in [6.07, 6.45) is 9.10. The molecule has 0 bridgehead atoms. The molecule has 0 radical (unpaired) electrons. The smallest absolute Gasteiger partial charge is 0.305 e. The topological polar surface area (TPSA) is 26.3 Å². The molecule has 0 atom stereocenters. The van der Waals surface area contributed by atoms with Crippen molar-refractivity contribution in [2.45, 2.75) is 46.0 Å². The van der Waals surface area contributed by atoms with Crippen molar-refractivity contribution in [1.82, 2.24) is 0 Å². The van der Waals surface area contributed by atoms with Crippen molar-refractivity contribution in [3.63, 3.8) is 0 Å². The van der Waals surface area contributed by atoms with Crippen LogP contribution in [-0.4, -0.2) is 12.6 Å². The summed E-state index contributed by atoms with van der Waals surface area (Å²) in [4.78, 5) is 10.7. The fourth-order valence-electron chi connectivity index (χ4n) is 0.937. The Kier molecular flexibility index (Phi) is 8.73. The highest BCUT2D eigenvalue weighted by Gasteiger charge is 1.95. The normalized spacial score (nSPS) is 10.6. The second-order valence-electron chi connectivity index (χ2n) is 2.95. The highest BCUT2D eigenvalue weighted by molar-refractivity contribution is 5.68. The molecule has 0 amide bonds. The third-order valence-corrected chi connectivity index (χ3v) is 1.72. The number of rotatable bonds is 7. The maximum absolute atomic E-state index is 10.7. The van der Waals surface area contributed by atoms with Crippen LogP contribution in [0.4, 0.5) is 0 Å². The Morgan fingerprint density at radius 1 is 1.23 bits per heavy atom. The lowest BCUT2D eigenvalue weighted by atomic mass is 10.2. The molecule has 0 aliphatic rings. The number of carbonyl (C=O) groups is 1. The third kappa shape index (κ3) is 9.12. The molecule has 0 N–H and O–H groups in total. The summed E-state index contributed by atoms with van der Waals surface area (Å²) in [5.74, 6) is -0.0934. The van der Waals surface area contributed by atoms with Crippen molar-refractivity contribution >= 4 is 5.97 Å². The number of hydrogen-bond acceptors (Lipinski definition) is 2. The first-order valence-electron chi connectivity index (χ1n) is 5.11. The van der Waals surface area contributed by atoms with Gasteiger partial charge in [-0.15, -0.1) is 0 Å². The minimum absolute atomic E-state index is 0.0934. The van der Waals surface area contributed by atoms with Gasteiger partial charge in [-0.1, -0.05) is 26.0 Å². The summed E-state index contributed by atoms with van der Waals surface area (Å²) in [6.45, 7) is 4.51. The van der Waals surface area contributed by atoms with Crippen LogP contribution >= 0.6 is 0 Å². The standard InChI is InChI=1S/C11H20O2/c1-3-5-6-7-8-9-10-13-11(12)4-2/h5-6H,3-4,7-10H2,1-2H3/b6-5+. The summed E-state index contributed by atoms with van der Waals surface area (Å²) >= 11 is 0. The summed E-state index contributed by atoms with van der Waals surface area (Å²) in [5.41, 5.74) is 0. The molecular weight excluding hydrogens is 164 g/mol. The lowest BCUT2D eigenvalue weighted by Gasteiger charge is -2.01. The second kappa shape index (κ2) is 9.30. The van der Waals surface area contributed by atoms with Crippen LogP contribution in [0.2, 0.25) is 0 Å². The van der Waals surface area contributed by atoms with Gasteiger partial charge in [-0.25, -0.2) is 0 Å². The van der Waals surface area contributed by atoms with Crippen molar-refractivity contribution in [2.75, 3.05) is 6.61 Å². The molecule has 0 aliphatic carbocycles. The maximum Gasteiger partial charge on any atom is 0.305 e. The molecule has 76 valence electrons.